The van der Waals surface area contributed by atoms with Crippen molar-refractivity contribution in [3.63, 3.8) is 0 Å². The van der Waals surface area contributed by atoms with Gasteiger partial charge in [0.15, 0.2) is 0 Å². The second kappa shape index (κ2) is 8.75. The van der Waals surface area contributed by atoms with Gasteiger partial charge in [0.25, 0.3) is 0 Å². The lowest BCUT2D eigenvalue weighted by atomic mass is 10.1. The first kappa shape index (κ1) is 20.4. The molecule has 28 heavy (non-hydrogen) atoms. The summed E-state index contributed by atoms with van der Waals surface area (Å²) >= 11 is 0. The molecule has 1 amide bonds. The van der Waals surface area contributed by atoms with E-state index in [4.69, 9.17) is 0 Å². The largest absolute Gasteiger partial charge is 0.374 e. The number of nitrogens with one attached hydrogen (secondary N) is 2. The Morgan fingerprint density at radius 2 is 1.75 bits per heavy atom. The molecule has 1 fully saturated rings. The third-order valence-electron chi connectivity index (χ3n) is 4.94. The lowest BCUT2D eigenvalue weighted by Crippen LogP contribution is -2.32. The molecule has 0 aromatic heterocycles. The highest BCUT2D eigenvalue weighted by atomic mass is 32.2. The van der Waals surface area contributed by atoms with Crippen LogP contribution in [0.5, 0.6) is 0 Å². The second-order valence-electron chi connectivity index (χ2n) is 7.04. The van der Waals surface area contributed by atoms with Gasteiger partial charge in [-0.15, -0.1) is 0 Å². The normalized spacial score (nSPS) is 15.9. The molecule has 0 aliphatic carbocycles. The lowest BCUT2D eigenvalue weighted by Gasteiger charge is -2.18. The van der Waals surface area contributed by atoms with E-state index < -0.39 is 16.1 Å². The quantitative estimate of drug-likeness (QED) is 0.745. The maximum Gasteiger partial charge on any atom is 0.246 e. The van der Waals surface area contributed by atoms with Crippen molar-refractivity contribution in [2.75, 3.05) is 23.7 Å². The highest BCUT2D eigenvalue weighted by Gasteiger charge is 2.27. The SMILES string of the molecule is CCc1ccc(NC(=O)[C@H](C)Nc2cccc(S(=O)(=O)N3CCCC3)c2)cc1. The predicted octanol–water partition coefficient (Wildman–Crippen LogP) is 3.47. The molecule has 1 atom stereocenters. The van der Waals surface area contributed by atoms with Crippen molar-refractivity contribution >= 4 is 27.3 Å². The van der Waals surface area contributed by atoms with Crippen molar-refractivity contribution in [1.82, 2.24) is 4.31 Å². The number of anilines is 2. The first-order chi connectivity index (χ1) is 13.4. The van der Waals surface area contributed by atoms with Crippen LogP contribution in [0.1, 0.15) is 32.3 Å². The van der Waals surface area contributed by atoms with Gasteiger partial charge in [0.05, 0.1) is 4.90 Å². The van der Waals surface area contributed by atoms with Gasteiger partial charge in [-0.2, -0.15) is 4.31 Å². The molecule has 0 radical (unpaired) electrons. The molecule has 2 aromatic rings. The molecule has 1 saturated heterocycles. The molecule has 1 heterocycles. The summed E-state index contributed by atoms with van der Waals surface area (Å²) in [5.41, 5.74) is 2.55. The minimum absolute atomic E-state index is 0.183. The van der Waals surface area contributed by atoms with E-state index in [1.807, 2.05) is 24.3 Å². The number of carbonyl (C=O) groups is 1. The van der Waals surface area contributed by atoms with Crippen LogP contribution >= 0.6 is 0 Å². The standard InChI is InChI=1S/C21H27N3O3S/c1-3-17-9-11-18(12-10-17)23-21(25)16(2)22-19-7-6-8-20(15-19)28(26,27)24-13-4-5-14-24/h6-12,15-16,22H,3-5,13-14H2,1-2H3,(H,23,25)/t16-/m0/s1. The fourth-order valence-corrected chi connectivity index (χ4v) is 4.78. The zero-order valence-electron chi connectivity index (χ0n) is 16.3. The highest BCUT2D eigenvalue weighted by Crippen LogP contribution is 2.23. The summed E-state index contributed by atoms with van der Waals surface area (Å²) in [6, 6.07) is 13.9. The molecule has 1 aliphatic heterocycles. The molecule has 6 nitrogen and oxygen atoms in total. The zero-order valence-corrected chi connectivity index (χ0v) is 17.1. The molecule has 0 saturated carbocycles. The average Bonchev–Trinajstić information content (AvgIpc) is 3.24. The molecule has 150 valence electrons. The summed E-state index contributed by atoms with van der Waals surface area (Å²) < 4.78 is 27.0. The van der Waals surface area contributed by atoms with Crippen LogP contribution in [-0.4, -0.2) is 37.8 Å². The Kier molecular flexibility index (Phi) is 6.36. The van der Waals surface area contributed by atoms with E-state index >= 15 is 0 Å². The van der Waals surface area contributed by atoms with Gasteiger partial charge in [-0.25, -0.2) is 8.42 Å². The Morgan fingerprint density at radius 3 is 2.39 bits per heavy atom. The minimum atomic E-state index is -3.48. The van der Waals surface area contributed by atoms with Gasteiger partial charge in [-0.1, -0.05) is 25.1 Å². The summed E-state index contributed by atoms with van der Waals surface area (Å²) in [5, 5.41) is 5.97. The van der Waals surface area contributed by atoms with Gasteiger partial charge < -0.3 is 10.6 Å². The van der Waals surface area contributed by atoms with Crippen LogP contribution in [0.4, 0.5) is 11.4 Å². The first-order valence-electron chi connectivity index (χ1n) is 9.66. The van der Waals surface area contributed by atoms with E-state index in [2.05, 4.69) is 17.6 Å². The number of nitrogens with zero attached hydrogens (tertiary/aromatic N) is 1. The van der Waals surface area contributed by atoms with Gasteiger partial charge >= 0.3 is 0 Å². The van der Waals surface area contributed by atoms with Gasteiger partial charge in [0.1, 0.15) is 6.04 Å². The van der Waals surface area contributed by atoms with Crippen molar-refractivity contribution < 1.29 is 13.2 Å². The third kappa shape index (κ3) is 4.72. The summed E-state index contributed by atoms with van der Waals surface area (Å²) in [6.45, 7) is 4.96. The first-order valence-corrected chi connectivity index (χ1v) is 11.1. The van der Waals surface area contributed by atoms with Crippen LogP contribution in [0.2, 0.25) is 0 Å². The van der Waals surface area contributed by atoms with Gasteiger partial charge in [0.2, 0.25) is 15.9 Å². The number of carbonyl (C=O) groups excluding carboxylic acids is 1. The lowest BCUT2D eigenvalue weighted by molar-refractivity contribution is -0.116. The van der Waals surface area contributed by atoms with E-state index in [-0.39, 0.29) is 10.8 Å². The molecule has 1 aliphatic rings. The van der Waals surface area contributed by atoms with Crippen LogP contribution < -0.4 is 10.6 Å². The Hall–Kier alpha value is -2.38. The van der Waals surface area contributed by atoms with Crippen LogP contribution in [0.15, 0.2) is 53.4 Å². The molecular formula is C21H27N3O3S. The van der Waals surface area contributed by atoms with E-state index in [9.17, 15) is 13.2 Å². The summed E-state index contributed by atoms with van der Waals surface area (Å²) in [4.78, 5) is 12.7. The van der Waals surface area contributed by atoms with Crippen molar-refractivity contribution in [2.45, 2.75) is 44.0 Å². The van der Waals surface area contributed by atoms with Crippen LogP contribution in [-0.2, 0) is 21.2 Å². The third-order valence-corrected chi connectivity index (χ3v) is 6.84. The van der Waals surface area contributed by atoms with E-state index in [1.165, 1.54) is 9.87 Å². The molecule has 7 heteroatoms. The summed E-state index contributed by atoms with van der Waals surface area (Å²) in [6.07, 6.45) is 2.74. The molecule has 3 rings (SSSR count). The van der Waals surface area contributed by atoms with Crippen LogP contribution in [0.3, 0.4) is 0 Å². The average molecular weight is 402 g/mol. The van der Waals surface area contributed by atoms with E-state index in [0.717, 1.165) is 24.9 Å². The fraction of sp³-hybridized carbons (Fsp3) is 0.381. The van der Waals surface area contributed by atoms with Gasteiger partial charge in [0, 0.05) is 24.5 Å². The van der Waals surface area contributed by atoms with E-state index in [0.29, 0.717) is 18.8 Å². The minimum Gasteiger partial charge on any atom is -0.374 e. The highest BCUT2D eigenvalue weighted by molar-refractivity contribution is 7.89. The van der Waals surface area contributed by atoms with Crippen molar-refractivity contribution in [3.8, 4) is 0 Å². The van der Waals surface area contributed by atoms with Gasteiger partial charge in [-0.05, 0) is 62.1 Å². The second-order valence-corrected chi connectivity index (χ2v) is 8.98. The van der Waals surface area contributed by atoms with Crippen molar-refractivity contribution in [3.05, 3.63) is 54.1 Å². The number of sulfonamides is 1. The Bertz CT molecular complexity index is 920. The maximum absolute atomic E-state index is 12.7. The Balaban J connectivity index is 1.66. The molecule has 2 aromatic carbocycles. The molecular weight excluding hydrogens is 374 g/mol. The smallest absolute Gasteiger partial charge is 0.246 e. The number of hydrogen-bond acceptors (Lipinski definition) is 4. The number of hydrogen-bond donors (Lipinski definition) is 2. The fourth-order valence-electron chi connectivity index (χ4n) is 3.21. The number of benzene rings is 2. The monoisotopic (exact) mass is 401 g/mol. The molecule has 0 bridgehead atoms. The molecule has 0 spiro atoms. The zero-order chi connectivity index (χ0) is 20.1. The van der Waals surface area contributed by atoms with Crippen LogP contribution in [0.25, 0.3) is 0 Å². The molecule has 2 N–H and O–H groups in total. The summed E-state index contributed by atoms with van der Waals surface area (Å²) in [5.74, 6) is -0.183. The van der Waals surface area contributed by atoms with Crippen molar-refractivity contribution in [1.29, 1.82) is 0 Å². The topological polar surface area (TPSA) is 78.5 Å². The Labute approximate surface area is 167 Å². The summed E-state index contributed by atoms with van der Waals surface area (Å²) in [7, 11) is -3.48. The van der Waals surface area contributed by atoms with E-state index in [1.54, 1.807) is 31.2 Å². The maximum atomic E-state index is 12.7. The number of rotatable bonds is 7. The van der Waals surface area contributed by atoms with Crippen LogP contribution in [0, 0.1) is 0 Å². The van der Waals surface area contributed by atoms with Crippen molar-refractivity contribution in [2.24, 2.45) is 0 Å². The molecule has 0 unspecified atom stereocenters. The Morgan fingerprint density at radius 1 is 1.07 bits per heavy atom. The predicted molar refractivity (Wildman–Crippen MR) is 112 cm³/mol. The number of amides is 1. The van der Waals surface area contributed by atoms with Gasteiger partial charge in [-0.3, -0.25) is 4.79 Å². The number of aryl methyl sites for hydroxylation is 1.